The van der Waals surface area contributed by atoms with Gasteiger partial charge in [-0.25, -0.2) is 9.59 Å². The lowest BCUT2D eigenvalue weighted by Gasteiger charge is -2.05. The van der Waals surface area contributed by atoms with Crippen LogP contribution in [0, 0.1) is 0 Å². The molecule has 140 valence electrons. The van der Waals surface area contributed by atoms with Crippen LogP contribution in [0.5, 0.6) is 23.0 Å². The average molecular weight is 364 g/mol. The lowest BCUT2D eigenvalue weighted by molar-refractivity contribution is 0.0685. The van der Waals surface area contributed by atoms with E-state index in [1.165, 1.54) is 52.7 Å². The molecule has 2 aromatic carbocycles. The highest BCUT2D eigenvalue weighted by Crippen LogP contribution is 2.23. The van der Waals surface area contributed by atoms with Gasteiger partial charge < -0.3 is 29.2 Å². The first kappa shape index (κ1) is 20.6. The molecule has 0 spiro atoms. The molecule has 2 rings (SSSR count). The summed E-state index contributed by atoms with van der Waals surface area (Å²) in [6.45, 7) is 0. The maximum atomic E-state index is 10.6. The molecule has 8 heteroatoms. The summed E-state index contributed by atoms with van der Waals surface area (Å²) in [5.41, 5.74) is 0.299. The Kier molecular flexibility index (Phi) is 7.75. The lowest BCUT2D eigenvalue weighted by Crippen LogP contribution is -1.98. The standard InChI is InChI=1S/2C9H10O4/c2*1-12-7-3-6(9(10)11)4-8(5-7)13-2/h2*3-5H,1-2H3,(H,10,11). The van der Waals surface area contributed by atoms with Crippen LogP contribution >= 0.6 is 0 Å². The molecule has 0 heterocycles. The molecule has 0 aromatic heterocycles. The summed E-state index contributed by atoms with van der Waals surface area (Å²) >= 11 is 0. The van der Waals surface area contributed by atoms with Crippen molar-refractivity contribution in [1.29, 1.82) is 0 Å². The highest BCUT2D eigenvalue weighted by atomic mass is 16.5. The van der Waals surface area contributed by atoms with E-state index in [2.05, 4.69) is 0 Å². The number of hydrogen-bond donors (Lipinski definition) is 2. The number of aromatic carboxylic acids is 2. The third-order valence-corrected chi connectivity index (χ3v) is 3.20. The van der Waals surface area contributed by atoms with Gasteiger partial charge in [0.05, 0.1) is 39.6 Å². The van der Waals surface area contributed by atoms with Crippen molar-refractivity contribution in [2.24, 2.45) is 0 Å². The molecular formula is C18H20O8. The van der Waals surface area contributed by atoms with Gasteiger partial charge in [-0.15, -0.1) is 0 Å². The van der Waals surface area contributed by atoms with Crippen molar-refractivity contribution in [1.82, 2.24) is 0 Å². The number of carbonyl (C=O) groups is 2. The maximum absolute atomic E-state index is 10.6. The molecule has 26 heavy (non-hydrogen) atoms. The van der Waals surface area contributed by atoms with E-state index in [0.717, 1.165) is 0 Å². The zero-order valence-corrected chi connectivity index (χ0v) is 14.8. The zero-order valence-electron chi connectivity index (χ0n) is 14.8. The molecule has 0 saturated carbocycles. The molecule has 0 aliphatic carbocycles. The maximum Gasteiger partial charge on any atom is 0.335 e. The molecule has 0 saturated heterocycles. The third kappa shape index (κ3) is 5.90. The fourth-order valence-electron chi connectivity index (χ4n) is 1.86. The molecule has 2 N–H and O–H groups in total. The topological polar surface area (TPSA) is 112 Å². The second kappa shape index (κ2) is 9.77. The van der Waals surface area contributed by atoms with Crippen LogP contribution < -0.4 is 18.9 Å². The number of hydrogen-bond acceptors (Lipinski definition) is 6. The Morgan fingerprint density at radius 2 is 0.808 bits per heavy atom. The summed E-state index contributed by atoms with van der Waals surface area (Å²) in [5.74, 6) is -0.128. The second-order valence-electron chi connectivity index (χ2n) is 4.81. The molecule has 2 aromatic rings. The fourth-order valence-corrected chi connectivity index (χ4v) is 1.86. The molecule has 0 bridgehead atoms. The molecular weight excluding hydrogens is 344 g/mol. The first-order valence-electron chi connectivity index (χ1n) is 7.27. The van der Waals surface area contributed by atoms with Crippen LogP contribution in [-0.2, 0) is 0 Å². The van der Waals surface area contributed by atoms with E-state index < -0.39 is 11.9 Å². The molecule has 0 radical (unpaired) electrons. The molecule has 0 fully saturated rings. The number of ether oxygens (including phenoxy) is 4. The van der Waals surface area contributed by atoms with Gasteiger partial charge in [0, 0.05) is 12.1 Å². The minimum Gasteiger partial charge on any atom is -0.497 e. The van der Waals surface area contributed by atoms with Gasteiger partial charge >= 0.3 is 11.9 Å². The van der Waals surface area contributed by atoms with Crippen molar-refractivity contribution >= 4 is 11.9 Å². The van der Waals surface area contributed by atoms with Gasteiger partial charge in [0.15, 0.2) is 0 Å². The number of rotatable bonds is 6. The van der Waals surface area contributed by atoms with Gasteiger partial charge in [-0.3, -0.25) is 0 Å². The zero-order chi connectivity index (χ0) is 19.7. The largest absolute Gasteiger partial charge is 0.497 e. The summed E-state index contributed by atoms with van der Waals surface area (Å²) in [4.78, 5) is 21.3. The van der Waals surface area contributed by atoms with E-state index in [1.54, 1.807) is 12.1 Å². The molecule has 0 amide bonds. The van der Waals surface area contributed by atoms with Gasteiger partial charge in [-0.05, 0) is 24.3 Å². The number of benzene rings is 2. The smallest absolute Gasteiger partial charge is 0.335 e. The van der Waals surface area contributed by atoms with E-state index in [0.29, 0.717) is 23.0 Å². The monoisotopic (exact) mass is 364 g/mol. The summed E-state index contributed by atoms with van der Waals surface area (Å²) in [5, 5.41) is 17.4. The van der Waals surface area contributed by atoms with E-state index >= 15 is 0 Å². The van der Waals surface area contributed by atoms with E-state index in [-0.39, 0.29) is 11.1 Å². The second-order valence-corrected chi connectivity index (χ2v) is 4.81. The van der Waals surface area contributed by atoms with Crippen LogP contribution in [0.4, 0.5) is 0 Å². The van der Waals surface area contributed by atoms with E-state index in [9.17, 15) is 9.59 Å². The summed E-state index contributed by atoms with van der Waals surface area (Å²) in [7, 11) is 5.89. The number of carboxylic acids is 2. The van der Waals surface area contributed by atoms with Gasteiger partial charge in [-0.2, -0.15) is 0 Å². The predicted octanol–water partition coefficient (Wildman–Crippen LogP) is 2.80. The van der Waals surface area contributed by atoms with Crippen molar-refractivity contribution in [3.8, 4) is 23.0 Å². The Morgan fingerprint density at radius 1 is 0.577 bits per heavy atom. The highest BCUT2D eigenvalue weighted by molar-refractivity contribution is 5.89. The van der Waals surface area contributed by atoms with Gasteiger partial charge in [0.25, 0.3) is 0 Å². The minimum atomic E-state index is -1.00. The first-order chi connectivity index (χ1) is 12.3. The quantitative estimate of drug-likeness (QED) is 0.805. The normalized spacial score (nSPS) is 9.38. The number of methoxy groups -OCH3 is 4. The first-order valence-corrected chi connectivity index (χ1v) is 7.27. The molecule has 0 aliphatic heterocycles. The van der Waals surface area contributed by atoms with Crippen LogP contribution in [0.2, 0.25) is 0 Å². The molecule has 0 unspecified atom stereocenters. The van der Waals surface area contributed by atoms with Gasteiger partial charge in [0.1, 0.15) is 23.0 Å². The van der Waals surface area contributed by atoms with Crippen LogP contribution in [0.3, 0.4) is 0 Å². The molecule has 8 nitrogen and oxygen atoms in total. The Morgan fingerprint density at radius 3 is 0.962 bits per heavy atom. The SMILES string of the molecule is COc1cc(OC)cc(C(=O)O)c1.COc1cc(OC)cc(C(=O)O)c1. The van der Waals surface area contributed by atoms with Gasteiger partial charge in [0.2, 0.25) is 0 Å². The Bertz CT molecular complexity index is 660. The Labute approximate surface area is 150 Å². The average Bonchev–Trinajstić information content (AvgIpc) is 2.67. The summed E-state index contributed by atoms with van der Waals surface area (Å²) in [6.07, 6.45) is 0. The predicted molar refractivity (Wildman–Crippen MR) is 93.0 cm³/mol. The number of carboxylic acid groups (broad SMARTS) is 2. The summed E-state index contributed by atoms with van der Waals surface area (Å²) < 4.78 is 19.6. The molecule has 0 atom stereocenters. The Hall–Kier alpha value is -3.42. The highest BCUT2D eigenvalue weighted by Gasteiger charge is 2.08. The van der Waals surface area contributed by atoms with Crippen LogP contribution in [0.25, 0.3) is 0 Å². The van der Waals surface area contributed by atoms with Crippen molar-refractivity contribution in [2.75, 3.05) is 28.4 Å². The molecule has 0 aliphatic rings. The van der Waals surface area contributed by atoms with Crippen molar-refractivity contribution in [2.45, 2.75) is 0 Å². The van der Waals surface area contributed by atoms with Crippen LogP contribution in [-0.4, -0.2) is 50.6 Å². The van der Waals surface area contributed by atoms with E-state index in [4.69, 9.17) is 29.2 Å². The minimum absolute atomic E-state index is 0.149. The fraction of sp³-hybridized carbons (Fsp3) is 0.222. The third-order valence-electron chi connectivity index (χ3n) is 3.20. The van der Waals surface area contributed by atoms with Crippen LogP contribution in [0.15, 0.2) is 36.4 Å². The Balaban J connectivity index is 0.000000260. The van der Waals surface area contributed by atoms with Gasteiger partial charge in [-0.1, -0.05) is 0 Å². The van der Waals surface area contributed by atoms with Crippen molar-refractivity contribution in [3.05, 3.63) is 47.5 Å². The van der Waals surface area contributed by atoms with Crippen molar-refractivity contribution in [3.63, 3.8) is 0 Å². The van der Waals surface area contributed by atoms with E-state index in [1.807, 2.05) is 0 Å². The lowest BCUT2D eigenvalue weighted by atomic mass is 10.2. The van der Waals surface area contributed by atoms with Crippen LogP contribution in [0.1, 0.15) is 20.7 Å². The summed E-state index contributed by atoms with van der Waals surface area (Å²) in [6, 6.07) is 8.98. The van der Waals surface area contributed by atoms with Crippen molar-refractivity contribution < 1.29 is 38.7 Å².